The Bertz CT molecular complexity index is 548. The minimum Gasteiger partial charge on any atom is -0.480 e. The highest BCUT2D eigenvalue weighted by Gasteiger charge is 2.36. The van der Waals surface area contributed by atoms with Gasteiger partial charge in [-0.3, -0.25) is 9.36 Å². The summed E-state index contributed by atoms with van der Waals surface area (Å²) in [5, 5.41) is 8.24. The van der Waals surface area contributed by atoms with Gasteiger partial charge in [0.1, 0.15) is 10.6 Å². The fourth-order valence-corrected chi connectivity index (χ4v) is 1.43. The van der Waals surface area contributed by atoms with Gasteiger partial charge in [-0.05, 0) is 19.9 Å². The van der Waals surface area contributed by atoms with Crippen molar-refractivity contribution in [2.75, 3.05) is 0 Å². The molecule has 1 heterocycles. The Labute approximate surface area is 105 Å². The first kappa shape index (κ1) is 14.6. The molecular weight excluding hydrogens is 275 g/mol. The van der Waals surface area contributed by atoms with Gasteiger partial charge in [-0.25, -0.2) is 4.79 Å². The maximum Gasteiger partial charge on any atom is 0.417 e. The Morgan fingerprint density at radius 2 is 1.89 bits per heavy atom. The van der Waals surface area contributed by atoms with Crippen molar-refractivity contribution in [2.45, 2.75) is 25.6 Å². The van der Waals surface area contributed by atoms with Gasteiger partial charge >= 0.3 is 12.1 Å². The van der Waals surface area contributed by atoms with Gasteiger partial charge in [-0.15, -0.1) is 0 Å². The van der Waals surface area contributed by atoms with E-state index < -0.39 is 33.8 Å². The number of carbonyl (C=O) groups is 1. The number of hydrogen-bond acceptors (Lipinski definition) is 2. The molecule has 4 nitrogen and oxygen atoms in total. The van der Waals surface area contributed by atoms with E-state index in [2.05, 4.69) is 0 Å². The zero-order chi connectivity index (χ0) is 14.3. The molecule has 0 unspecified atom stereocenters. The maximum absolute atomic E-state index is 12.5. The van der Waals surface area contributed by atoms with Gasteiger partial charge in [-0.2, -0.15) is 13.2 Å². The Morgan fingerprint density at radius 3 is 2.28 bits per heavy atom. The van der Waals surface area contributed by atoms with Crippen LogP contribution in [-0.2, 0) is 16.5 Å². The first-order valence-corrected chi connectivity index (χ1v) is 5.09. The van der Waals surface area contributed by atoms with E-state index in [1.807, 2.05) is 0 Å². The predicted molar refractivity (Wildman–Crippen MR) is 57.7 cm³/mol. The Kier molecular flexibility index (Phi) is 3.49. The highest BCUT2D eigenvalue weighted by Crippen LogP contribution is 2.30. The average molecular weight is 284 g/mol. The number of carboxylic acid groups (broad SMARTS) is 1. The number of pyridine rings is 1. The Morgan fingerprint density at radius 1 is 1.39 bits per heavy atom. The number of alkyl halides is 3. The van der Waals surface area contributed by atoms with Gasteiger partial charge in [0, 0.05) is 6.20 Å². The van der Waals surface area contributed by atoms with E-state index in [4.69, 9.17) is 16.7 Å². The van der Waals surface area contributed by atoms with Gasteiger partial charge in [0.2, 0.25) is 0 Å². The second-order valence-electron chi connectivity index (χ2n) is 4.11. The molecule has 0 saturated heterocycles. The topological polar surface area (TPSA) is 59.3 Å². The lowest BCUT2D eigenvalue weighted by Crippen LogP contribution is -2.43. The fourth-order valence-electron chi connectivity index (χ4n) is 1.22. The lowest BCUT2D eigenvalue weighted by Gasteiger charge is -2.24. The molecule has 100 valence electrons. The average Bonchev–Trinajstić information content (AvgIpc) is 2.19. The second kappa shape index (κ2) is 4.31. The summed E-state index contributed by atoms with van der Waals surface area (Å²) in [7, 11) is 0. The zero-order valence-electron chi connectivity index (χ0n) is 9.38. The van der Waals surface area contributed by atoms with E-state index in [0.717, 1.165) is 13.8 Å². The van der Waals surface area contributed by atoms with E-state index >= 15 is 0 Å². The van der Waals surface area contributed by atoms with Crippen LogP contribution in [0.25, 0.3) is 0 Å². The molecule has 1 N–H and O–H groups in total. The van der Waals surface area contributed by atoms with Crippen molar-refractivity contribution in [3.8, 4) is 0 Å². The summed E-state index contributed by atoms with van der Waals surface area (Å²) in [5.74, 6) is -1.44. The van der Waals surface area contributed by atoms with Crippen molar-refractivity contribution in [2.24, 2.45) is 0 Å². The fraction of sp³-hybridized carbons (Fsp3) is 0.400. The third-order valence-electron chi connectivity index (χ3n) is 2.43. The molecule has 1 rings (SSSR count). The van der Waals surface area contributed by atoms with E-state index in [1.54, 1.807) is 0 Å². The highest BCUT2D eigenvalue weighted by molar-refractivity contribution is 6.30. The summed E-state index contributed by atoms with van der Waals surface area (Å²) in [6.07, 6.45) is -4.27. The van der Waals surface area contributed by atoms with Crippen LogP contribution in [0.2, 0.25) is 5.02 Å². The molecule has 0 amide bonds. The number of nitrogens with zero attached hydrogens (tertiary/aromatic N) is 1. The molecule has 0 aliphatic rings. The van der Waals surface area contributed by atoms with E-state index in [9.17, 15) is 22.8 Å². The summed E-state index contributed by atoms with van der Waals surface area (Å²) in [6.45, 7) is 2.21. The third kappa shape index (κ3) is 2.50. The third-order valence-corrected chi connectivity index (χ3v) is 2.70. The van der Waals surface area contributed by atoms with Crippen molar-refractivity contribution < 1.29 is 23.1 Å². The summed E-state index contributed by atoms with van der Waals surface area (Å²) in [4.78, 5) is 22.6. The van der Waals surface area contributed by atoms with E-state index in [-0.39, 0.29) is 0 Å². The summed E-state index contributed by atoms with van der Waals surface area (Å²) in [5.41, 5.74) is -4.00. The van der Waals surface area contributed by atoms with Crippen molar-refractivity contribution in [3.63, 3.8) is 0 Å². The molecule has 0 spiro atoms. The van der Waals surface area contributed by atoms with Crippen LogP contribution in [0.1, 0.15) is 19.4 Å². The van der Waals surface area contributed by atoms with Gasteiger partial charge in [0.15, 0.2) is 0 Å². The SMILES string of the molecule is CC(C)(C(=O)O)n1cc(C(F)(F)F)cc(Cl)c1=O. The minimum absolute atomic E-state index is 0.447. The number of carboxylic acids is 1. The van der Waals surface area contributed by atoms with Gasteiger partial charge in [-0.1, -0.05) is 11.6 Å². The number of aliphatic carboxylic acids is 1. The smallest absolute Gasteiger partial charge is 0.417 e. The van der Waals surface area contributed by atoms with Crippen LogP contribution < -0.4 is 5.56 Å². The minimum atomic E-state index is -4.71. The lowest BCUT2D eigenvalue weighted by molar-refractivity contribution is -0.147. The summed E-state index contributed by atoms with van der Waals surface area (Å²) < 4.78 is 38.1. The molecule has 0 aliphatic heterocycles. The maximum atomic E-state index is 12.5. The highest BCUT2D eigenvalue weighted by atomic mass is 35.5. The predicted octanol–water partition coefficient (Wildman–Crippen LogP) is 2.34. The molecule has 18 heavy (non-hydrogen) atoms. The van der Waals surface area contributed by atoms with Crippen LogP contribution in [0.15, 0.2) is 17.1 Å². The monoisotopic (exact) mass is 283 g/mol. The standard InChI is InChI=1S/C10H9ClF3NO3/c1-9(2,8(17)18)15-4-5(10(12,13)14)3-6(11)7(15)16/h3-4H,1-2H3,(H,17,18). The zero-order valence-corrected chi connectivity index (χ0v) is 10.1. The Balaban J connectivity index is 3.60. The number of halogens is 4. The molecule has 1 aromatic rings. The molecule has 0 aromatic carbocycles. The van der Waals surface area contributed by atoms with Crippen LogP contribution in [0.5, 0.6) is 0 Å². The molecular formula is C10H9ClF3NO3. The van der Waals surface area contributed by atoms with Gasteiger partial charge in [0.25, 0.3) is 5.56 Å². The second-order valence-corrected chi connectivity index (χ2v) is 4.52. The molecule has 8 heteroatoms. The van der Waals surface area contributed by atoms with Crippen LogP contribution in [0.4, 0.5) is 13.2 Å². The summed E-state index contributed by atoms with van der Waals surface area (Å²) in [6, 6.07) is 0.471. The molecule has 0 bridgehead atoms. The molecule has 0 saturated carbocycles. The van der Waals surface area contributed by atoms with Crippen LogP contribution >= 0.6 is 11.6 Å². The summed E-state index contributed by atoms with van der Waals surface area (Å²) >= 11 is 5.41. The van der Waals surface area contributed by atoms with E-state index in [1.165, 1.54) is 0 Å². The van der Waals surface area contributed by atoms with Crippen LogP contribution in [-0.4, -0.2) is 15.6 Å². The molecule has 0 radical (unpaired) electrons. The van der Waals surface area contributed by atoms with Crippen molar-refractivity contribution in [1.29, 1.82) is 0 Å². The number of aromatic nitrogens is 1. The number of hydrogen-bond donors (Lipinski definition) is 1. The van der Waals surface area contributed by atoms with Crippen LogP contribution in [0, 0.1) is 0 Å². The molecule has 0 atom stereocenters. The number of rotatable bonds is 2. The molecule has 0 aliphatic carbocycles. The van der Waals surface area contributed by atoms with Crippen LogP contribution in [0.3, 0.4) is 0 Å². The largest absolute Gasteiger partial charge is 0.480 e. The normalized spacial score (nSPS) is 12.6. The first-order valence-electron chi connectivity index (χ1n) is 4.71. The Hall–Kier alpha value is -1.50. The van der Waals surface area contributed by atoms with Crippen molar-refractivity contribution in [1.82, 2.24) is 4.57 Å². The first-order chi connectivity index (χ1) is 7.98. The van der Waals surface area contributed by atoms with Gasteiger partial charge in [0.05, 0.1) is 5.56 Å². The van der Waals surface area contributed by atoms with Crippen molar-refractivity contribution >= 4 is 17.6 Å². The lowest BCUT2D eigenvalue weighted by atomic mass is 10.1. The molecule has 1 aromatic heterocycles. The van der Waals surface area contributed by atoms with Crippen molar-refractivity contribution in [3.05, 3.63) is 33.2 Å². The molecule has 0 fully saturated rings. The van der Waals surface area contributed by atoms with E-state index in [0.29, 0.717) is 16.8 Å². The quantitative estimate of drug-likeness (QED) is 0.906. The van der Waals surface area contributed by atoms with Gasteiger partial charge < -0.3 is 5.11 Å².